The van der Waals surface area contributed by atoms with Crippen molar-refractivity contribution in [2.24, 2.45) is 0 Å². The van der Waals surface area contributed by atoms with Gasteiger partial charge in [0, 0.05) is 9.13 Å². The molecule has 0 aliphatic carbocycles. The summed E-state index contributed by atoms with van der Waals surface area (Å²) >= 11 is 2.20. The molecule has 24 heavy (non-hydrogen) atoms. The molecule has 1 amide bonds. The van der Waals surface area contributed by atoms with Gasteiger partial charge in [0.25, 0.3) is 5.91 Å². The molecule has 2 rings (SSSR count). The van der Waals surface area contributed by atoms with Crippen molar-refractivity contribution in [3.05, 3.63) is 57.2 Å². The number of halogens is 1. The lowest BCUT2D eigenvalue weighted by atomic mass is 10.1. The monoisotopic (exact) mass is 439 g/mol. The molecule has 2 aromatic rings. The van der Waals surface area contributed by atoms with Gasteiger partial charge >= 0.3 is 0 Å². The molecule has 0 unspecified atom stereocenters. The standard InChI is InChI=1S/C19H22INO3/c1-4-23-17-10-9-14(12-18(17)24-5-2)13(3)21-19(22)15-7-6-8-16(20)11-15/h6-13H,4-5H2,1-3H3,(H,21,22)/t13-/m0/s1. The Balaban J connectivity index is 2.15. The zero-order chi connectivity index (χ0) is 17.5. The minimum absolute atomic E-state index is 0.0899. The normalized spacial score (nSPS) is 11.7. The fourth-order valence-electron chi connectivity index (χ4n) is 2.33. The van der Waals surface area contributed by atoms with Gasteiger partial charge in [-0.15, -0.1) is 0 Å². The summed E-state index contributed by atoms with van der Waals surface area (Å²) in [6.07, 6.45) is 0. The van der Waals surface area contributed by atoms with Crippen LogP contribution >= 0.6 is 22.6 Å². The van der Waals surface area contributed by atoms with Crippen LogP contribution in [0.25, 0.3) is 0 Å². The molecule has 5 heteroatoms. The SMILES string of the molecule is CCOc1ccc([C@H](C)NC(=O)c2cccc(I)c2)cc1OCC. The molecular formula is C19H22INO3. The molecule has 0 spiro atoms. The van der Waals surface area contributed by atoms with E-state index in [4.69, 9.17) is 9.47 Å². The summed E-state index contributed by atoms with van der Waals surface area (Å²) < 4.78 is 12.3. The van der Waals surface area contributed by atoms with Crippen molar-refractivity contribution in [2.45, 2.75) is 26.8 Å². The first-order valence-corrected chi connectivity index (χ1v) is 9.09. The van der Waals surface area contributed by atoms with Gasteiger partial charge in [-0.3, -0.25) is 4.79 Å². The average molecular weight is 439 g/mol. The van der Waals surface area contributed by atoms with E-state index < -0.39 is 0 Å². The van der Waals surface area contributed by atoms with Crippen LogP contribution < -0.4 is 14.8 Å². The van der Waals surface area contributed by atoms with Crippen molar-refractivity contribution >= 4 is 28.5 Å². The van der Waals surface area contributed by atoms with Gasteiger partial charge in [0.15, 0.2) is 11.5 Å². The van der Waals surface area contributed by atoms with Crippen LogP contribution in [0.5, 0.6) is 11.5 Å². The van der Waals surface area contributed by atoms with Gasteiger partial charge in [-0.05, 0) is 79.3 Å². The minimum Gasteiger partial charge on any atom is -0.490 e. The molecule has 2 aromatic carbocycles. The molecule has 1 atom stereocenters. The number of hydrogen-bond acceptors (Lipinski definition) is 3. The van der Waals surface area contributed by atoms with Crippen LogP contribution in [0.4, 0.5) is 0 Å². The minimum atomic E-state index is -0.134. The van der Waals surface area contributed by atoms with Crippen LogP contribution in [-0.4, -0.2) is 19.1 Å². The smallest absolute Gasteiger partial charge is 0.251 e. The Kier molecular flexibility index (Phi) is 6.90. The Labute approximate surface area is 156 Å². The van der Waals surface area contributed by atoms with E-state index in [0.717, 1.165) is 14.9 Å². The second-order valence-corrected chi connectivity index (χ2v) is 6.52. The molecule has 0 heterocycles. The highest BCUT2D eigenvalue weighted by Crippen LogP contribution is 2.30. The molecule has 0 aliphatic rings. The Morgan fingerprint density at radius 2 is 1.79 bits per heavy atom. The van der Waals surface area contributed by atoms with Crippen LogP contribution in [-0.2, 0) is 0 Å². The lowest BCUT2D eigenvalue weighted by molar-refractivity contribution is 0.0939. The summed E-state index contributed by atoms with van der Waals surface area (Å²) in [5.41, 5.74) is 1.63. The van der Waals surface area contributed by atoms with Gasteiger partial charge in [-0.1, -0.05) is 12.1 Å². The average Bonchev–Trinajstić information content (AvgIpc) is 2.56. The van der Waals surface area contributed by atoms with Crippen molar-refractivity contribution < 1.29 is 14.3 Å². The highest BCUT2D eigenvalue weighted by molar-refractivity contribution is 14.1. The zero-order valence-corrected chi connectivity index (χ0v) is 16.3. The fraction of sp³-hybridized carbons (Fsp3) is 0.316. The molecular weight excluding hydrogens is 417 g/mol. The van der Waals surface area contributed by atoms with Gasteiger partial charge in [-0.25, -0.2) is 0 Å². The number of rotatable bonds is 7. The van der Waals surface area contributed by atoms with E-state index in [9.17, 15) is 4.79 Å². The molecule has 0 radical (unpaired) electrons. The molecule has 0 aromatic heterocycles. The second kappa shape index (κ2) is 8.92. The van der Waals surface area contributed by atoms with Crippen molar-refractivity contribution in [2.75, 3.05) is 13.2 Å². The van der Waals surface area contributed by atoms with E-state index in [1.54, 1.807) is 0 Å². The number of benzene rings is 2. The second-order valence-electron chi connectivity index (χ2n) is 5.28. The third-order valence-corrected chi connectivity index (χ3v) is 4.17. The van der Waals surface area contributed by atoms with E-state index in [-0.39, 0.29) is 11.9 Å². The first-order valence-electron chi connectivity index (χ1n) is 8.01. The lowest BCUT2D eigenvalue weighted by Crippen LogP contribution is -2.26. The van der Waals surface area contributed by atoms with E-state index >= 15 is 0 Å². The number of hydrogen-bond donors (Lipinski definition) is 1. The van der Waals surface area contributed by atoms with E-state index in [2.05, 4.69) is 27.9 Å². The highest BCUT2D eigenvalue weighted by Gasteiger charge is 2.14. The number of carbonyl (C=O) groups excluding carboxylic acids is 1. The predicted molar refractivity (Wildman–Crippen MR) is 104 cm³/mol. The summed E-state index contributed by atoms with van der Waals surface area (Å²) in [5.74, 6) is 1.33. The molecule has 4 nitrogen and oxygen atoms in total. The van der Waals surface area contributed by atoms with Crippen LogP contribution in [0.1, 0.15) is 42.7 Å². The molecule has 0 bridgehead atoms. The summed E-state index contributed by atoms with van der Waals surface area (Å²) in [6, 6.07) is 13.2. The first-order chi connectivity index (χ1) is 11.5. The van der Waals surface area contributed by atoms with Gasteiger partial charge in [-0.2, -0.15) is 0 Å². The zero-order valence-electron chi connectivity index (χ0n) is 14.1. The number of ether oxygens (including phenoxy) is 2. The van der Waals surface area contributed by atoms with E-state index in [0.29, 0.717) is 24.5 Å². The van der Waals surface area contributed by atoms with Crippen LogP contribution in [0.15, 0.2) is 42.5 Å². The van der Waals surface area contributed by atoms with Crippen molar-refractivity contribution in [3.63, 3.8) is 0 Å². The number of amides is 1. The molecule has 128 valence electrons. The van der Waals surface area contributed by atoms with Crippen molar-refractivity contribution in [1.82, 2.24) is 5.32 Å². The third-order valence-electron chi connectivity index (χ3n) is 3.50. The van der Waals surface area contributed by atoms with Crippen LogP contribution in [0, 0.1) is 3.57 Å². The van der Waals surface area contributed by atoms with Crippen molar-refractivity contribution in [1.29, 1.82) is 0 Å². The molecule has 0 aliphatic heterocycles. The Hall–Kier alpha value is -1.76. The highest BCUT2D eigenvalue weighted by atomic mass is 127. The quantitative estimate of drug-likeness (QED) is 0.643. The fourth-order valence-corrected chi connectivity index (χ4v) is 2.87. The number of carbonyl (C=O) groups is 1. The predicted octanol–water partition coefficient (Wildman–Crippen LogP) is 4.58. The Morgan fingerprint density at radius 1 is 1.08 bits per heavy atom. The molecule has 0 fully saturated rings. The molecule has 1 N–H and O–H groups in total. The summed E-state index contributed by atoms with van der Waals surface area (Å²) in [4.78, 5) is 12.4. The summed E-state index contributed by atoms with van der Waals surface area (Å²) in [7, 11) is 0. The molecule has 0 saturated carbocycles. The Bertz CT molecular complexity index is 703. The maximum atomic E-state index is 12.4. The maximum Gasteiger partial charge on any atom is 0.251 e. The van der Waals surface area contributed by atoms with Crippen LogP contribution in [0.3, 0.4) is 0 Å². The van der Waals surface area contributed by atoms with E-state index in [1.165, 1.54) is 0 Å². The van der Waals surface area contributed by atoms with Gasteiger partial charge in [0.1, 0.15) is 0 Å². The van der Waals surface area contributed by atoms with E-state index in [1.807, 2.05) is 63.2 Å². The first kappa shape index (κ1) is 18.6. The van der Waals surface area contributed by atoms with Gasteiger partial charge < -0.3 is 14.8 Å². The van der Waals surface area contributed by atoms with Gasteiger partial charge in [0.05, 0.1) is 19.3 Å². The van der Waals surface area contributed by atoms with Gasteiger partial charge in [0.2, 0.25) is 0 Å². The Morgan fingerprint density at radius 3 is 2.46 bits per heavy atom. The lowest BCUT2D eigenvalue weighted by Gasteiger charge is -2.17. The summed E-state index contributed by atoms with van der Waals surface area (Å²) in [5, 5.41) is 3.02. The number of nitrogens with one attached hydrogen (secondary N) is 1. The van der Waals surface area contributed by atoms with Crippen molar-refractivity contribution in [3.8, 4) is 11.5 Å². The maximum absolute atomic E-state index is 12.4. The van der Waals surface area contributed by atoms with Crippen LogP contribution in [0.2, 0.25) is 0 Å². The topological polar surface area (TPSA) is 47.6 Å². The third kappa shape index (κ3) is 4.87. The summed E-state index contributed by atoms with van der Waals surface area (Å²) in [6.45, 7) is 6.97. The largest absolute Gasteiger partial charge is 0.490 e. The molecule has 0 saturated heterocycles.